The molecule has 94 valence electrons. The van der Waals surface area contributed by atoms with Crippen molar-refractivity contribution in [3.05, 3.63) is 53.9 Å². The van der Waals surface area contributed by atoms with Gasteiger partial charge in [-0.15, -0.1) is 0 Å². The van der Waals surface area contributed by atoms with Crippen LogP contribution in [0.2, 0.25) is 0 Å². The summed E-state index contributed by atoms with van der Waals surface area (Å²) in [6, 6.07) is 10.7. The van der Waals surface area contributed by atoms with Crippen LogP contribution in [0.1, 0.15) is 25.0 Å². The molecule has 0 saturated carbocycles. The molecule has 19 heavy (non-hydrogen) atoms. The van der Waals surface area contributed by atoms with E-state index in [0.717, 1.165) is 5.69 Å². The van der Waals surface area contributed by atoms with Crippen molar-refractivity contribution >= 4 is 10.9 Å². The second-order valence-electron chi connectivity index (χ2n) is 5.88. The van der Waals surface area contributed by atoms with E-state index in [1.165, 1.54) is 27.6 Å². The fourth-order valence-corrected chi connectivity index (χ4v) is 3.40. The molecule has 0 bridgehead atoms. The molecule has 0 N–H and O–H groups in total. The molecule has 0 spiro atoms. The zero-order valence-electron chi connectivity index (χ0n) is 11.4. The Morgan fingerprint density at radius 2 is 1.84 bits per heavy atom. The van der Waals surface area contributed by atoms with Gasteiger partial charge < -0.3 is 4.57 Å². The van der Waals surface area contributed by atoms with Gasteiger partial charge in [0.2, 0.25) is 0 Å². The van der Waals surface area contributed by atoms with Gasteiger partial charge in [-0.05, 0) is 17.2 Å². The minimum absolute atomic E-state index is 0.0339. The van der Waals surface area contributed by atoms with Crippen molar-refractivity contribution in [1.29, 1.82) is 0 Å². The number of fused-ring (bicyclic) bond motifs is 2. The summed E-state index contributed by atoms with van der Waals surface area (Å²) in [5, 5.41) is 1.31. The summed E-state index contributed by atoms with van der Waals surface area (Å²) in [7, 11) is 2.11. The highest BCUT2D eigenvalue weighted by atomic mass is 14.9. The molecule has 0 fully saturated rings. The van der Waals surface area contributed by atoms with Gasteiger partial charge >= 0.3 is 0 Å². The Morgan fingerprint density at radius 3 is 2.68 bits per heavy atom. The SMILES string of the molecule is Cn1cc2c3c(nccc31)-c1ccccc1C2(C)C. The molecular weight excluding hydrogens is 232 g/mol. The van der Waals surface area contributed by atoms with Gasteiger partial charge in [0, 0.05) is 35.8 Å². The summed E-state index contributed by atoms with van der Waals surface area (Å²) in [6.45, 7) is 4.60. The second-order valence-corrected chi connectivity index (χ2v) is 5.88. The Kier molecular flexibility index (Phi) is 1.86. The Balaban J connectivity index is 2.28. The van der Waals surface area contributed by atoms with Crippen LogP contribution in [0.3, 0.4) is 0 Å². The molecular formula is C17H16N2. The number of aromatic nitrogens is 2. The second kappa shape index (κ2) is 3.27. The fourth-order valence-electron chi connectivity index (χ4n) is 3.40. The number of hydrogen-bond acceptors (Lipinski definition) is 1. The Labute approximate surface area is 112 Å². The van der Waals surface area contributed by atoms with Crippen LogP contribution in [-0.2, 0) is 12.5 Å². The zero-order valence-corrected chi connectivity index (χ0v) is 11.4. The average Bonchev–Trinajstić information content (AvgIpc) is 2.76. The molecule has 0 amide bonds. The predicted molar refractivity (Wildman–Crippen MR) is 78.3 cm³/mol. The number of rotatable bonds is 0. The molecule has 2 nitrogen and oxygen atoms in total. The van der Waals surface area contributed by atoms with Gasteiger partial charge in [-0.1, -0.05) is 38.1 Å². The van der Waals surface area contributed by atoms with Gasteiger partial charge in [-0.25, -0.2) is 0 Å². The van der Waals surface area contributed by atoms with Gasteiger partial charge in [0.05, 0.1) is 11.2 Å². The van der Waals surface area contributed by atoms with Crippen molar-refractivity contribution in [3.63, 3.8) is 0 Å². The molecule has 0 aliphatic heterocycles. The molecule has 0 saturated heterocycles. The van der Waals surface area contributed by atoms with E-state index < -0.39 is 0 Å². The smallest absolute Gasteiger partial charge is 0.0801 e. The van der Waals surface area contributed by atoms with Crippen LogP contribution in [0.5, 0.6) is 0 Å². The van der Waals surface area contributed by atoms with E-state index in [4.69, 9.17) is 0 Å². The first-order valence-corrected chi connectivity index (χ1v) is 6.65. The first-order chi connectivity index (χ1) is 9.10. The lowest BCUT2D eigenvalue weighted by atomic mass is 9.71. The van der Waals surface area contributed by atoms with Gasteiger partial charge in [0.25, 0.3) is 0 Å². The van der Waals surface area contributed by atoms with E-state index in [1.54, 1.807) is 0 Å². The topological polar surface area (TPSA) is 17.8 Å². The van der Waals surface area contributed by atoms with Gasteiger partial charge in [0.15, 0.2) is 0 Å². The predicted octanol–water partition coefficient (Wildman–Crippen LogP) is 3.88. The van der Waals surface area contributed by atoms with Crippen LogP contribution in [0, 0.1) is 0 Å². The molecule has 0 unspecified atom stereocenters. The largest absolute Gasteiger partial charge is 0.350 e. The molecule has 2 heteroatoms. The van der Waals surface area contributed by atoms with Gasteiger partial charge in [0.1, 0.15) is 0 Å². The van der Waals surface area contributed by atoms with Gasteiger partial charge in [-0.3, -0.25) is 4.98 Å². The average molecular weight is 248 g/mol. The van der Waals surface area contributed by atoms with Crippen LogP contribution >= 0.6 is 0 Å². The van der Waals surface area contributed by atoms with Crippen molar-refractivity contribution < 1.29 is 0 Å². The van der Waals surface area contributed by atoms with Crippen LogP contribution < -0.4 is 0 Å². The summed E-state index contributed by atoms with van der Waals surface area (Å²) in [6.07, 6.45) is 4.17. The Hall–Kier alpha value is -2.09. The molecule has 0 atom stereocenters. The van der Waals surface area contributed by atoms with Crippen LogP contribution in [0.15, 0.2) is 42.7 Å². The quantitative estimate of drug-likeness (QED) is 0.590. The molecule has 1 aliphatic rings. The van der Waals surface area contributed by atoms with E-state index in [0.29, 0.717) is 0 Å². The Bertz CT molecular complexity index is 809. The van der Waals surface area contributed by atoms with E-state index in [1.807, 2.05) is 6.20 Å². The zero-order chi connectivity index (χ0) is 13.2. The Morgan fingerprint density at radius 1 is 1.05 bits per heavy atom. The maximum absolute atomic E-state index is 4.64. The third-order valence-electron chi connectivity index (χ3n) is 4.43. The van der Waals surface area contributed by atoms with Gasteiger partial charge in [-0.2, -0.15) is 0 Å². The highest BCUT2D eigenvalue weighted by Gasteiger charge is 2.35. The highest BCUT2D eigenvalue weighted by Crippen LogP contribution is 2.47. The first-order valence-electron chi connectivity index (χ1n) is 6.65. The number of nitrogens with zero attached hydrogens (tertiary/aromatic N) is 2. The standard InChI is InChI=1S/C17H16N2/c1-17(2)12-7-5-4-6-11(12)16-15-13(17)10-19(3)14(15)8-9-18-16/h4-10H,1-3H3. The molecule has 1 aromatic carbocycles. The van der Waals surface area contributed by atoms with Crippen molar-refractivity contribution in [2.24, 2.45) is 7.05 Å². The van der Waals surface area contributed by atoms with E-state index >= 15 is 0 Å². The van der Waals surface area contributed by atoms with Crippen LogP contribution in [0.4, 0.5) is 0 Å². The summed E-state index contributed by atoms with van der Waals surface area (Å²) in [4.78, 5) is 4.64. The van der Waals surface area contributed by atoms with Crippen molar-refractivity contribution in [2.75, 3.05) is 0 Å². The molecule has 4 rings (SSSR count). The minimum Gasteiger partial charge on any atom is -0.350 e. The summed E-state index contributed by atoms with van der Waals surface area (Å²) in [5.74, 6) is 0. The van der Waals surface area contributed by atoms with Crippen molar-refractivity contribution in [2.45, 2.75) is 19.3 Å². The molecule has 1 aliphatic carbocycles. The molecule has 3 aromatic rings. The summed E-state index contributed by atoms with van der Waals surface area (Å²) in [5.41, 5.74) is 6.45. The fraction of sp³-hybridized carbons (Fsp3) is 0.235. The highest BCUT2D eigenvalue weighted by molar-refractivity contribution is 6.00. The van der Waals surface area contributed by atoms with Crippen molar-refractivity contribution in [1.82, 2.24) is 9.55 Å². The number of pyridine rings is 1. The third kappa shape index (κ3) is 1.19. The summed E-state index contributed by atoms with van der Waals surface area (Å²) >= 11 is 0. The van der Waals surface area contributed by atoms with E-state index in [2.05, 4.69) is 67.0 Å². The lowest BCUT2D eigenvalue weighted by molar-refractivity contribution is 0.641. The molecule has 2 heterocycles. The first kappa shape index (κ1) is 10.8. The maximum atomic E-state index is 4.64. The van der Waals surface area contributed by atoms with Crippen LogP contribution in [-0.4, -0.2) is 9.55 Å². The maximum Gasteiger partial charge on any atom is 0.0801 e. The number of aryl methyl sites for hydroxylation is 1. The van der Waals surface area contributed by atoms with E-state index in [-0.39, 0.29) is 5.41 Å². The van der Waals surface area contributed by atoms with E-state index in [9.17, 15) is 0 Å². The molecule has 0 radical (unpaired) electrons. The molecule has 2 aromatic heterocycles. The lowest BCUT2D eigenvalue weighted by Crippen LogP contribution is -2.22. The monoisotopic (exact) mass is 248 g/mol. The lowest BCUT2D eigenvalue weighted by Gasteiger charge is -2.31. The number of hydrogen-bond donors (Lipinski definition) is 0. The normalized spacial score (nSPS) is 15.5. The number of benzene rings is 1. The minimum atomic E-state index is 0.0339. The third-order valence-corrected chi connectivity index (χ3v) is 4.43. The summed E-state index contributed by atoms with van der Waals surface area (Å²) < 4.78 is 2.21. The van der Waals surface area contributed by atoms with Crippen LogP contribution in [0.25, 0.3) is 22.2 Å². The van der Waals surface area contributed by atoms with Crippen molar-refractivity contribution in [3.8, 4) is 11.3 Å².